The molecule has 2 atom stereocenters. The highest BCUT2D eigenvalue weighted by Crippen LogP contribution is 2.44. The molecular formula is C25H39ClN2O2. The second-order valence-corrected chi connectivity index (χ2v) is 9.32. The van der Waals surface area contributed by atoms with E-state index in [9.17, 15) is 4.79 Å². The van der Waals surface area contributed by atoms with Gasteiger partial charge in [0.25, 0.3) is 0 Å². The molecule has 1 saturated carbocycles. The molecule has 168 valence electrons. The van der Waals surface area contributed by atoms with Crippen LogP contribution in [-0.2, 0) is 6.42 Å². The molecule has 1 heterocycles. The highest BCUT2D eigenvalue weighted by molar-refractivity contribution is 5.85. The van der Waals surface area contributed by atoms with Gasteiger partial charge in [0.1, 0.15) is 5.75 Å². The Morgan fingerprint density at radius 1 is 1.17 bits per heavy atom. The first-order valence-electron chi connectivity index (χ1n) is 12.1. The average Bonchev–Trinajstić information content (AvgIpc) is 3.17. The lowest BCUT2D eigenvalue weighted by molar-refractivity contribution is 0.194. The van der Waals surface area contributed by atoms with Crippen molar-refractivity contribution in [2.24, 2.45) is 5.92 Å². The SMILES string of the molecule is CCCCNC(=O)Oc1cccc2c1CC[C@@H]1[C@H]2CCN1CCC1CCCCC1.Cl. The highest BCUT2D eigenvalue weighted by atomic mass is 35.5. The molecule has 1 saturated heterocycles. The van der Waals surface area contributed by atoms with Gasteiger partial charge in [-0.05, 0) is 68.3 Å². The predicted octanol–water partition coefficient (Wildman–Crippen LogP) is 6.07. The number of likely N-dealkylation sites (tertiary alicyclic amines) is 1. The summed E-state index contributed by atoms with van der Waals surface area (Å²) in [5.41, 5.74) is 2.70. The Morgan fingerprint density at radius 2 is 2.00 bits per heavy atom. The van der Waals surface area contributed by atoms with E-state index >= 15 is 0 Å². The molecule has 0 spiro atoms. The second kappa shape index (κ2) is 11.4. The first-order chi connectivity index (χ1) is 14.3. The minimum Gasteiger partial charge on any atom is -0.410 e. The first-order valence-corrected chi connectivity index (χ1v) is 12.1. The third-order valence-electron chi connectivity index (χ3n) is 7.47. The Kier molecular flexibility index (Phi) is 8.88. The van der Waals surface area contributed by atoms with E-state index in [4.69, 9.17) is 4.74 Å². The molecule has 0 aromatic heterocycles. The number of rotatable bonds is 7. The maximum Gasteiger partial charge on any atom is 0.412 e. The Balaban J connectivity index is 0.00000256. The van der Waals surface area contributed by atoms with Crippen molar-refractivity contribution in [3.8, 4) is 5.75 Å². The fourth-order valence-corrected chi connectivity index (χ4v) is 5.85. The zero-order chi connectivity index (χ0) is 20.1. The number of benzene rings is 1. The van der Waals surface area contributed by atoms with Gasteiger partial charge >= 0.3 is 6.09 Å². The van der Waals surface area contributed by atoms with Crippen molar-refractivity contribution in [2.45, 2.75) is 89.5 Å². The quantitative estimate of drug-likeness (QED) is 0.529. The molecule has 1 aromatic carbocycles. The van der Waals surface area contributed by atoms with E-state index < -0.39 is 0 Å². The molecule has 1 N–H and O–H groups in total. The normalized spacial score (nSPS) is 23.9. The molecule has 0 unspecified atom stereocenters. The van der Waals surface area contributed by atoms with E-state index in [0.29, 0.717) is 18.5 Å². The first kappa shape index (κ1) is 23.4. The zero-order valence-corrected chi connectivity index (χ0v) is 19.4. The van der Waals surface area contributed by atoms with E-state index in [1.807, 2.05) is 6.07 Å². The molecule has 4 nitrogen and oxygen atoms in total. The van der Waals surface area contributed by atoms with Gasteiger partial charge in [-0.25, -0.2) is 4.79 Å². The maximum absolute atomic E-state index is 12.1. The lowest BCUT2D eigenvalue weighted by Crippen LogP contribution is -2.36. The van der Waals surface area contributed by atoms with Gasteiger partial charge in [0, 0.05) is 18.5 Å². The standard InChI is InChI=1S/C25H38N2O2.ClH/c1-2-3-16-26-25(28)29-24-11-7-10-20-21-15-18-27(23(21)13-12-22(20)24)17-14-19-8-5-4-6-9-19;/h7,10-11,19,21,23H,2-6,8-9,12-18H2,1H3,(H,26,28);1H/t21-,23+;/m0./s1. The van der Waals surface area contributed by atoms with Crippen LogP contribution in [-0.4, -0.2) is 36.7 Å². The molecule has 0 bridgehead atoms. The van der Waals surface area contributed by atoms with Crippen molar-refractivity contribution in [1.29, 1.82) is 0 Å². The number of unbranched alkanes of at least 4 members (excludes halogenated alkanes) is 1. The van der Waals surface area contributed by atoms with Gasteiger partial charge in [0.2, 0.25) is 0 Å². The van der Waals surface area contributed by atoms with Crippen LogP contribution in [0.1, 0.15) is 88.2 Å². The summed E-state index contributed by atoms with van der Waals surface area (Å²) >= 11 is 0. The van der Waals surface area contributed by atoms with Gasteiger partial charge < -0.3 is 10.1 Å². The van der Waals surface area contributed by atoms with Crippen LogP contribution >= 0.6 is 12.4 Å². The molecule has 30 heavy (non-hydrogen) atoms. The number of carbonyl (C=O) groups is 1. The molecule has 1 amide bonds. The van der Waals surface area contributed by atoms with Crippen LogP contribution in [0.4, 0.5) is 4.79 Å². The Bertz CT molecular complexity index is 690. The van der Waals surface area contributed by atoms with E-state index in [0.717, 1.165) is 30.9 Å². The average molecular weight is 435 g/mol. The van der Waals surface area contributed by atoms with Crippen molar-refractivity contribution >= 4 is 18.5 Å². The van der Waals surface area contributed by atoms with Crippen LogP contribution in [0.15, 0.2) is 18.2 Å². The summed E-state index contributed by atoms with van der Waals surface area (Å²) in [6.07, 6.45) is 13.8. The van der Waals surface area contributed by atoms with Crippen molar-refractivity contribution < 1.29 is 9.53 Å². The molecule has 5 heteroatoms. The van der Waals surface area contributed by atoms with Gasteiger partial charge in [-0.2, -0.15) is 0 Å². The predicted molar refractivity (Wildman–Crippen MR) is 125 cm³/mol. The topological polar surface area (TPSA) is 41.6 Å². The highest BCUT2D eigenvalue weighted by Gasteiger charge is 2.39. The summed E-state index contributed by atoms with van der Waals surface area (Å²) in [6.45, 7) is 5.31. The number of amides is 1. The van der Waals surface area contributed by atoms with Gasteiger partial charge in [0.05, 0.1) is 0 Å². The zero-order valence-electron chi connectivity index (χ0n) is 18.5. The van der Waals surface area contributed by atoms with Crippen LogP contribution in [0.25, 0.3) is 0 Å². The number of carbonyl (C=O) groups excluding carboxylic acids is 1. The van der Waals surface area contributed by atoms with Crippen molar-refractivity contribution in [3.05, 3.63) is 29.3 Å². The van der Waals surface area contributed by atoms with Crippen LogP contribution in [0.3, 0.4) is 0 Å². The number of nitrogens with one attached hydrogen (secondary N) is 1. The summed E-state index contributed by atoms with van der Waals surface area (Å²) in [4.78, 5) is 14.9. The number of hydrogen-bond acceptors (Lipinski definition) is 3. The van der Waals surface area contributed by atoms with E-state index in [1.54, 1.807) is 0 Å². The molecule has 4 rings (SSSR count). The van der Waals surface area contributed by atoms with E-state index in [-0.39, 0.29) is 18.5 Å². The lowest BCUT2D eigenvalue weighted by Gasteiger charge is -2.35. The van der Waals surface area contributed by atoms with Crippen molar-refractivity contribution in [1.82, 2.24) is 10.2 Å². The Hall–Kier alpha value is -1.26. The van der Waals surface area contributed by atoms with Crippen LogP contribution in [0, 0.1) is 5.92 Å². The summed E-state index contributed by atoms with van der Waals surface area (Å²) < 4.78 is 5.70. The molecular weight excluding hydrogens is 396 g/mol. The van der Waals surface area contributed by atoms with Crippen molar-refractivity contribution in [2.75, 3.05) is 19.6 Å². The number of ether oxygens (including phenoxy) is 1. The summed E-state index contributed by atoms with van der Waals surface area (Å²) in [5, 5.41) is 2.87. The number of hydrogen-bond donors (Lipinski definition) is 1. The van der Waals surface area contributed by atoms with E-state index in [1.165, 1.54) is 75.6 Å². The molecule has 0 radical (unpaired) electrons. The van der Waals surface area contributed by atoms with Gasteiger partial charge in [0.15, 0.2) is 0 Å². The summed E-state index contributed by atoms with van der Waals surface area (Å²) in [7, 11) is 0. The van der Waals surface area contributed by atoms with Crippen LogP contribution in [0.2, 0.25) is 0 Å². The Morgan fingerprint density at radius 3 is 2.80 bits per heavy atom. The van der Waals surface area contributed by atoms with Gasteiger partial charge in [-0.1, -0.05) is 57.6 Å². The smallest absolute Gasteiger partial charge is 0.410 e. The lowest BCUT2D eigenvalue weighted by atomic mass is 9.79. The van der Waals surface area contributed by atoms with Gasteiger partial charge in [-0.3, -0.25) is 4.90 Å². The largest absolute Gasteiger partial charge is 0.412 e. The van der Waals surface area contributed by atoms with Crippen LogP contribution < -0.4 is 10.1 Å². The second-order valence-electron chi connectivity index (χ2n) is 9.32. The molecule has 1 aromatic rings. The maximum atomic E-state index is 12.1. The Labute approximate surface area is 188 Å². The van der Waals surface area contributed by atoms with Gasteiger partial charge in [-0.15, -0.1) is 12.4 Å². The number of fused-ring (bicyclic) bond motifs is 3. The van der Waals surface area contributed by atoms with E-state index in [2.05, 4.69) is 29.3 Å². The fourth-order valence-electron chi connectivity index (χ4n) is 5.85. The molecule has 1 aliphatic heterocycles. The minimum absolute atomic E-state index is 0. The monoisotopic (exact) mass is 434 g/mol. The molecule has 2 aliphatic carbocycles. The van der Waals surface area contributed by atoms with Crippen LogP contribution in [0.5, 0.6) is 5.75 Å². The number of nitrogens with zero attached hydrogens (tertiary/aromatic N) is 1. The third kappa shape index (κ3) is 5.50. The fraction of sp³-hybridized carbons (Fsp3) is 0.720. The third-order valence-corrected chi connectivity index (χ3v) is 7.47. The molecule has 2 fully saturated rings. The summed E-state index contributed by atoms with van der Waals surface area (Å²) in [5.74, 6) is 2.34. The summed E-state index contributed by atoms with van der Waals surface area (Å²) in [6, 6.07) is 6.99. The molecule has 3 aliphatic rings. The minimum atomic E-state index is -0.311. The number of halogens is 1. The van der Waals surface area contributed by atoms with Crippen molar-refractivity contribution in [3.63, 3.8) is 0 Å².